The molecule has 0 aliphatic carbocycles. The molecule has 2 aromatic rings. The first kappa shape index (κ1) is 19.9. The molecule has 3 rings (SSSR count). The zero-order chi connectivity index (χ0) is 19.8. The summed E-state index contributed by atoms with van der Waals surface area (Å²) in [5.41, 5.74) is 0.511. The van der Waals surface area contributed by atoms with Crippen molar-refractivity contribution < 1.29 is 16.8 Å². The fraction of sp³-hybridized carbons (Fsp3) is 0.353. The Morgan fingerprint density at radius 2 is 1.56 bits per heavy atom. The summed E-state index contributed by atoms with van der Waals surface area (Å²) in [6, 6.07) is 7.80. The van der Waals surface area contributed by atoms with Crippen LogP contribution < -0.4 is 9.80 Å². The lowest BCUT2D eigenvalue weighted by Crippen LogP contribution is -2.47. The average Bonchev–Trinajstić information content (AvgIpc) is 2.60. The standard InChI is InChI=1S/C17H20ClN3O4S2/c1-26(22,23)13-5-6-15(16(12-13)27(2,24)25)20-8-10-21(11-9-20)17-14(18)4-3-7-19-17/h3-7,12H,8-11H2,1-2H3. The summed E-state index contributed by atoms with van der Waals surface area (Å²) >= 11 is 6.20. The van der Waals surface area contributed by atoms with Crippen molar-refractivity contribution in [3.05, 3.63) is 41.6 Å². The number of rotatable bonds is 4. The van der Waals surface area contributed by atoms with E-state index in [9.17, 15) is 16.8 Å². The highest BCUT2D eigenvalue weighted by atomic mass is 35.5. The molecule has 27 heavy (non-hydrogen) atoms. The van der Waals surface area contributed by atoms with E-state index in [4.69, 9.17) is 11.6 Å². The minimum atomic E-state index is -3.59. The van der Waals surface area contributed by atoms with Gasteiger partial charge in [0.15, 0.2) is 19.7 Å². The third-order valence-corrected chi connectivity index (χ3v) is 6.95. The SMILES string of the molecule is CS(=O)(=O)c1ccc(N2CCN(c3ncccc3Cl)CC2)c(S(C)(=O)=O)c1. The quantitative estimate of drug-likeness (QED) is 0.733. The molecule has 146 valence electrons. The zero-order valence-corrected chi connectivity index (χ0v) is 17.4. The smallest absolute Gasteiger partial charge is 0.177 e. The fourth-order valence-electron chi connectivity index (χ4n) is 3.05. The van der Waals surface area contributed by atoms with Crippen molar-refractivity contribution in [3.63, 3.8) is 0 Å². The molecule has 0 atom stereocenters. The molecule has 7 nitrogen and oxygen atoms in total. The van der Waals surface area contributed by atoms with Crippen LogP contribution in [-0.4, -0.2) is 60.5 Å². The highest BCUT2D eigenvalue weighted by molar-refractivity contribution is 7.91. The number of hydrogen-bond donors (Lipinski definition) is 0. The molecule has 1 aromatic carbocycles. The second-order valence-corrected chi connectivity index (χ2v) is 10.9. The Kier molecular flexibility index (Phi) is 5.38. The van der Waals surface area contributed by atoms with E-state index < -0.39 is 19.7 Å². The lowest BCUT2D eigenvalue weighted by Gasteiger charge is -2.37. The lowest BCUT2D eigenvalue weighted by atomic mass is 10.2. The Balaban J connectivity index is 1.89. The van der Waals surface area contributed by atoms with Crippen LogP contribution >= 0.6 is 11.6 Å². The van der Waals surface area contributed by atoms with Gasteiger partial charge >= 0.3 is 0 Å². The summed E-state index contributed by atoms with van der Waals surface area (Å²) in [6.07, 6.45) is 3.82. The molecule has 10 heteroatoms. The molecular formula is C17H20ClN3O4S2. The van der Waals surface area contributed by atoms with Crippen LogP contribution in [0.3, 0.4) is 0 Å². The molecule has 1 aliphatic rings. The van der Waals surface area contributed by atoms with E-state index >= 15 is 0 Å². The third-order valence-electron chi connectivity index (χ3n) is 4.42. The normalized spacial score (nSPS) is 15.8. The number of anilines is 2. The Hall–Kier alpha value is -1.84. The van der Waals surface area contributed by atoms with Gasteiger partial charge in [0.2, 0.25) is 0 Å². The highest BCUT2D eigenvalue weighted by Crippen LogP contribution is 2.30. The summed E-state index contributed by atoms with van der Waals surface area (Å²) in [4.78, 5) is 8.31. The second-order valence-electron chi connectivity index (χ2n) is 6.46. The molecule has 2 heterocycles. The van der Waals surface area contributed by atoms with Gasteiger partial charge in [0.05, 0.1) is 20.5 Å². The van der Waals surface area contributed by atoms with Gasteiger partial charge in [-0.2, -0.15) is 0 Å². The van der Waals surface area contributed by atoms with Crippen LogP contribution in [0.4, 0.5) is 11.5 Å². The van der Waals surface area contributed by atoms with Crippen molar-refractivity contribution in [3.8, 4) is 0 Å². The summed E-state index contributed by atoms with van der Waals surface area (Å²) in [5.74, 6) is 0.703. The molecule has 1 fully saturated rings. The van der Waals surface area contributed by atoms with Crippen LogP contribution in [0, 0.1) is 0 Å². The van der Waals surface area contributed by atoms with E-state index in [1.165, 1.54) is 12.1 Å². The summed E-state index contributed by atoms with van der Waals surface area (Å²) in [5, 5.41) is 0.570. The van der Waals surface area contributed by atoms with Crippen molar-refractivity contribution in [2.45, 2.75) is 9.79 Å². The van der Waals surface area contributed by atoms with Crippen molar-refractivity contribution in [2.75, 3.05) is 48.5 Å². The monoisotopic (exact) mass is 429 g/mol. The minimum Gasteiger partial charge on any atom is -0.367 e. The molecule has 0 unspecified atom stereocenters. The number of hydrogen-bond acceptors (Lipinski definition) is 7. The van der Waals surface area contributed by atoms with Gasteiger partial charge in [0, 0.05) is 44.9 Å². The van der Waals surface area contributed by atoms with Gasteiger partial charge in [0.1, 0.15) is 5.82 Å². The van der Waals surface area contributed by atoms with Crippen LogP contribution in [-0.2, 0) is 19.7 Å². The van der Waals surface area contributed by atoms with Crippen molar-refractivity contribution in [2.24, 2.45) is 0 Å². The Morgan fingerprint density at radius 3 is 2.11 bits per heavy atom. The summed E-state index contributed by atoms with van der Waals surface area (Å²) in [7, 11) is -7.09. The molecule has 0 bridgehead atoms. The summed E-state index contributed by atoms with van der Waals surface area (Å²) in [6.45, 7) is 2.36. The van der Waals surface area contributed by atoms with Gasteiger partial charge in [0.25, 0.3) is 0 Å². The number of nitrogens with zero attached hydrogens (tertiary/aromatic N) is 3. The maximum absolute atomic E-state index is 12.2. The maximum atomic E-state index is 12.2. The van der Waals surface area contributed by atoms with E-state index in [0.717, 1.165) is 12.5 Å². The Bertz CT molecular complexity index is 1060. The molecule has 0 spiro atoms. The van der Waals surface area contributed by atoms with Crippen molar-refractivity contribution >= 4 is 42.8 Å². The number of piperazine rings is 1. The first-order chi connectivity index (χ1) is 12.6. The molecule has 0 radical (unpaired) electrons. The van der Waals surface area contributed by atoms with Crippen LogP contribution in [0.2, 0.25) is 5.02 Å². The topological polar surface area (TPSA) is 87.7 Å². The van der Waals surface area contributed by atoms with Crippen LogP contribution in [0.25, 0.3) is 0 Å². The van der Waals surface area contributed by atoms with E-state index in [1.807, 2.05) is 9.80 Å². The number of pyridine rings is 1. The maximum Gasteiger partial charge on any atom is 0.177 e. The second kappa shape index (κ2) is 7.29. The van der Waals surface area contributed by atoms with Gasteiger partial charge in [-0.3, -0.25) is 0 Å². The largest absolute Gasteiger partial charge is 0.367 e. The van der Waals surface area contributed by atoms with E-state index in [-0.39, 0.29) is 9.79 Å². The minimum absolute atomic E-state index is 0.00872. The van der Waals surface area contributed by atoms with Gasteiger partial charge in [-0.15, -0.1) is 0 Å². The molecule has 1 saturated heterocycles. The van der Waals surface area contributed by atoms with Crippen LogP contribution in [0.1, 0.15) is 0 Å². The van der Waals surface area contributed by atoms with Crippen molar-refractivity contribution in [1.29, 1.82) is 0 Å². The van der Waals surface area contributed by atoms with Crippen LogP contribution in [0.15, 0.2) is 46.3 Å². The number of halogens is 1. The van der Waals surface area contributed by atoms with E-state index in [1.54, 1.807) is 24.4 Å². The Labute approximate surface area is 164 Å². The molecule has 1 aliphatic heterocycles. The van der Waals surface area contributed by atoms with Gasteiger partial charge < -0.3 is 9.80 Å². The number of aromatic nitrogens is 1. The van der Waals surface area contributed by atoms with E-state index in [0.29, 0.717) is 42.7 Å². The Morgan fingerprint density at radius 1 is 0.926 bits per heavy atom. The predicted molar refractivity (Wildman–Crippen MR) is 106 cm³/mol. The van der Waals surface area contributed by atoms with Gasteiger partial charge in [-0.1, -0.05) is 11.6 Å². The zero-order valence-electron chi connectivity index (χ0n) is 15.0. The number of sulfone groups is 2. The fourth-order valence-corrected chi connectivity index (χ4v) is 4.93. The molecule has 0 saturated carbocycles. The summed E-state index contributed by atoms with van der Waals surface area (Å²) < 4.78 is 48.1. The van der Waals surface area contributed by atoms with E-state index in [2.05, 4.69) is 4.98 Å². The molecule has 0 amide bonds. The number of benzene rings is 1. The predicted octanol–water partition coefficient (Wildman–Crippen LogP) is 1.87. The van der Waals surface area contributed by atoms with Crippen LogP contribution in [0.5, 0.6) is 0 Å². The van der Waals surface area contributed by atoms with Gasteiger partial charge in [-0.05, 0) is 30.3 Å². The van der Waals surface area contributed by atoms with Crippen molar-refractivity contribution in [1.82, 2.24) is 4.98 Å². The van der Waals surface area contributed by atoms with Gasteiger partial charge in [-0.25, -0.2) is 21.8 Å². The first-order valence-corrected chi connectivity index (χ1v) is 12.4. The average molecular weight is 430 g/mol. The molecule has 0 N–H and O–H groups in total. The molecular weight excluding hydrogens is 410 g/mol. The first-order valence-electron chi connectivity index (χ1n) is 8.22. The third kappa shape index (κ3) is 4.36. The lowest BCUT2D eigenvalue weighted by molar-refractivity contribution is 0.597. The highest BCUT2D eigenvalue weighted by Gasteiger charge is 2.25. The molecule has 1 aromatic heterocycles.